The predicted octanol–water partition coefficient (Wildman–Crippen LogP) is 1.97. The molecular formula is C15H27NO5. The molecule has 0 saturated heterocycles. The molecule has 0 aromatic carbocycles. The quantitative estimate of drug-likeness (QED) is 0.602. The van der Waals surface area contributed by atoms with Crippen LogP contribution in [0.15, 0.2) is 0 Å². The normalized spacial score (nSPS) is 12.3. The molecule has 0 aliphatic heterocycles. The average molecular weight is 301 g/mol. The zero-order valence-electron chi connectivity index (χ0n) is 13.3. The summed E-state index contributed by atoms with van der Waals surface area (Å²) in [6.45, 7) is 8.06. The standard InChI is InChI=1S/C15H27NO5/c1-10(2)8-12(15(19)20)16-13(17)6-5-7-14(18)21-9-11(3)4/h10-12H,5-9H2,1-4H3,(H,16,17)(H,19,20)/t12-/m0/s1. The van der Waals surface area contributed by atoms with Gasteiger partial charge < -0.3 is 15.2 Å². The molecular weight excluding hydrogens is 274 g/mol. The molecule has 6 nitrogen and oxygen atoms in total. The minimum atomic E-state index is -1.03. The Morgan fingerprint density at radius 2 is 1.67 bits per heavy atom. The highest BCUT2D eigenvalue weighted by Gasteiger charge is 2.20. The molecule has 0 saturated carbocycles. The number of amides is 1. The number of nitrogens with one attached hydrogen (secondary N) is 1. The lowest BCUT2D eigenvalue weighted by atomic mass is 10.0. The number of rotatable bonds is 10. The highest BCUT2D eigenvalue weighted by molar-refractivity contribution is 5.83. The molecule has 21 heavy (non-hydrogen) atoms. The third kappa shape index (κ3) is 10.8. The maximum absolute atomic E-state index is 11.7. The van der Waals surface area contributed by atoms with Gasteiger partial charge in [-0.15, -0.1) is 0 Å². The number of carbonyl (C=O) groups excluding carboxylic acids is 2. The Morgan fingerprint density at radius 1 is 1.05 bits per heavy atom. The fraction of sp³-hybridized carbons (Fsp3) is 0.800. The van der Waals surface area contributed by atoms with E-state index in [1.165, 1.54) is 0 Å². The summed E-state index contributed by atoms with van der Waals surface area (Å²) in [5, 5.41) is 11.5. The van der Waals surface area contributed by atoms with Crippen LogP contribution in [-0.4, -0.2) is 35.6 Å². The molecule has 122 valence electrons. The van der Waals surface area contributed by atoms with E-state index in [9.17, 15) is 14.4 Å². The molecule has 0 unspecified atom stereocenters. The van der Waals surface area contributed by atoms with Crippen molar-refractivity contribution in [2.45, 2.75) is 59.4 Å². The van der Waals surface area contributed by atoms with Gasteiger partial charge in [-0.05, 0) is 24.7 Å². The van der Waals surface area contributed by atoms with Crippen molar-refractivity contribution >= 4 is 17.8 Å². The van der Waals surface area contributed by atoms with E-state index in [-0.39, 0.29) is 36.6 Å². The minimum Gasteiger partial charge on any atom is -0.480 e. The number of ether oxygens (including phenoxy) is 1. The number of carboxylic acid groups (broad SMARTS) is 1. The molecule has 6 heteroatoms. The van der Waals surface area contributed by atoms with E-state index >= 15 is 0 Å². The molecule has 0 aromatic heterocycles. The van der Waals surface area contributed by atoms with Crippen molar-refractivity contribution in [2.75, 3.05) is 6.61 Å². The Balaban J connectivity index is 3.97. The van der Waals surface area contributed by atoms with Crippen molar-refractivity contribution in [2.24, 2.45) is 11.8 Å². The molecule has 0 fully saturated rings. The topological polar surface area (TPSA) is 92.7 Å². The van der Waals surface area contributed by atoms with Crippen molar-refractivity contribution in [3.63, 3.8) is 0 Å². The molecule has 0 bridgehead atoms. The highest BCUT2D eigenvalue weighted by Crippen LogP contribution is 2.06. The van der Waals surface area contributed by atoms with Crippen LogP contribution in [0.2, 0.25) is 0 Å². The summed E-state index contributed by atoms with van der Waals surface area (Å²) >= 11 is 0. The number of carboxylic acids is 1. The van der Waals surface area contributed by atoms with Gasteiger partial charge in [-0.3, -0.25) is 9.59 Å². The van der Waals surface area contributed by atoms with E-state index in [0.717, 1.165) is 0 Å². The summed E-state index contributed by atoms with van der Waals surface area (Å²) in [6.07, 6.45) is 1.04. The molecule has 0 aliphatic carbocycles. The van der Waals surface area contributed by atoms with Crippen molar-refractivity contribution < 1.29 is 24.2 Å². The molecule has 0 aliphatic rings. The SMILES string of the molecule is CC(C)COC(=O)CCCC(=O)N[C@@H](CC(C)C)C(=O)O. The summed E-state index contributed by atoms with van der Waals surface area (Å²) in [4.78, 5) is 34.0. The number of esters is 1. The van der Waals surface area contributed by atoms with Gasteiger partial charge in [-0.2, -0.15) is 0 Å². The highest BCUT2D eigenvalue weighted by atomic mass is 16.5. The maximum atomic E-state index is 11.7. The van der Waals surface area contributed by atoms with Crippen LogP contribution in [0.1, 0.15) is 53.4 Å². The van der Waals surface area contributed by atoms with Gasteiger partial charge in [-0.1, -0.05) is 27.7 Å². The lowest BCUT2D eigenvalue weighted by Crippen LogP contribution is -2.41. The Hall–Kier alpha value is -1.59. The van der Waals surface area contributed by atoms with Gasteiger partial charge in [0, 0.05) is 12.8 Å². The molecule has 0 heterocycles. The average Bonchev–Trinajstić information content (AvgIpc) is 2.34. The van der Waals surface area contributed by atoms with Crippen LogP contribution in [0.3, 0.4) is 0 Å². The third-order valence-corrected chi connectivity index (χ3v) is 2.70. The van der Waals surface area contributed by atoms with Gasteiger partial charge in [0.2, 0.25) is 5.91 Å². The fourth-order valence-corrected chi connectivity index (χ4v) is 1.68. The lowest BCUT2D eigenvalue weighted by Gasteiger charge is -2.16. The first kappa shape index (κ1) is 19.4. The zero-order chi connectivity index (χ0) is 16.4. The van der Waals surface area contributed by atoms with Gasteiger partial charge in [0.05, 0.1) is 6.61 Å². The van der Waals surface area contributed by atoms with E-state index in [4.69, 9.17) is 9.84 Å². The van der Waals surface area contributed by atoms with Crippen LogP contribution in [-0.2, 0) is 19.1 Å². The van der Waals surface area contributed by atoms with Gasteiger partial charge in [-0.25, -0.2) is 4.79 Å². The second kappa shape index (κ2) is 10.2. The van der Waals surface area contributed by atoms with Crippen molar-refractivity contribution in [1.29, 1.82) is 0 Å². The molecule has 2 N–H and O–H groups in total. The van der Waals surface area contributed by atoms with E-state index in [2.05, 4.69) is 5.32 Å². The second-order valence-corrected chi connectivity index (χ2v) is 6.02. The minimum absolute atomic E-state index is 0.124. The number of hydrogen-bond acceptors (Lipinski definition) is 4. The summed E-state index contributed by atoms with van der Waals surface area (Å²) < 4.78 is 4.99. The predicted molar refractivity (Wildman–Crippen MR) is 78.7 cm³/mol. The van der Waals surface area contributed by atoms with Crippen molar-refractivity contribution in [1.82, 2.24) is 5.32 Å². The third-order valence-electron chi connectivity index (χ3n) is 2.70. The Labute approximate surface area is 126 Å². The summed E-state index contributed by atoms with van der Waals surface area (Å²) in [7, 11) is 0. The Kier molecular flexibility index (Phi) is 9.41. The molecule has 1 atom stereocenters. The molecule has 1 amide bonds. The number of carbonyl (C=O) groups is 3. The summed E-state index contributed by atoms with van der Waals surface area (Å²) in [5.41, 5.74) is 0. The van der Waals surface area contributed by atoms with E-state index in [0.29, 0.717) is 19.4 Å². The number of aliphatic carboxylic acids is 1. The molecule has 0 radical (unpaired) electrons. The second-order valence-electron chi connectivity index (χ2n) is 6.02. The van der Waals surface area contributed by atoms with E-state index < -0.39 is 12.0 Å². The van der Waals surface area contributed by atoms with Crippen LogP contribution in [0, 0.1) is 11.8 Å². The lowest BCUT2D eigenvalue weighted by molar-refractivity contribution is -0.145. The molecule has 0 aromatic rings. The molecule has 0 rings (SSSR count). The van der Waals surface area contributed by atoms with Gasteiger partial charge in [0.1, 0.15) is 6.04 Å². The summed E-state index contributed by atoms with van der Waals surface area (Å²) in [5.74, 6) is -1.25. The van der Waals surface area contributed by atoms with Crippen LogP contribution in [0.25, 0.3) is 0 Å². The monoisotopic (exact) mass is 301 g/mol. The van der Waals surface area contributed by atoms with Crippen molar-refractivity contribution in [3.8, 4) is 0 Å². The first-order valence-corrected chi connectivity index (χ1v) is 7.40. The van der Waals surface area contributed by atoms with Crippen LogP contribution >= 0.6 is 0 Å². The fourth-order valence-electron chi connectivity index (χ4n) is 1.68. The Morgan fingerprint density at radius 3 is 2.14 bits per heavy atom. The first-order valence-electron chi connectivity index (χ1n) is 7.40. The van der Waals surface area contributed by atoms with Crippen LogP contribution in [0.4, 0.5) is 0 Å². The summed E-state index contributed by atoms with van der Waals surface area (Å²) in [6, 6.07) is -0.870. The van der Waals surface area contributed by atoms with Gasteiger partial charge in [0.25, 0.3) is 0 Å². The number of hydrogen-bond donors (Lipinski definition) is 2. The Bertz CT molecular complexity index is 352. The van der Waals surface area contributed by atoms with E-state index in [1.54, 1.807) is 0 Å². The van der Waals surface area contributed by atoms with Crippen LogP contribution in [0.5, 0.6) is 0 Å². The van der Waals surface area contributed by atoms with E-state index in [1.807, 2.05) is 27.7 Å². The maximum Gasteiger partial charge on any atom is 0.326 e. The van der Waals surface area contributed by atoms with Gasteiger partial charge >= 0.3 is 11.9 Å². The van der Waals surface area contributed by atoms with Crippen molar-refractivity contribution in [3.05, 3.63) is 0 Å². The van der Waals surface area contributed by atoms with Crippen LogP contribution < -0.4 is 5.32 Å². The first-order chi connectivity index (χ1) is 9.72. The van der Waals surface area contributed by atoms with Gasteiger partial charge in [0.15, 0.2) is 0 Å². The zero-order valence-corrected chi connectivity index (χ0v) is 13.3. The largest absolute Gasteiger partial charge is 0.480 e. The smallest absolute Gasteiger partial charge is 0.326 e. The molecule has 0 spiro atoms.